The molecule has 0 fully saturated rings. The number of hydrogen-bond donors (Lipinski definition) is 0. The zero-order chi connectivity index (χ0) is 91.6. The summed E-state index contributed by atoms with van der Waals surface area (Å²) in [5, 5.41) is 31.3. The van der Waals surface area contributed by atoms with E-state index in [4.69, 9.17) is 0 Å². The smallest absolute Gasteiger partial charge is 0.0708 e. The van der Waals surface area contributed by atoms with E-state index in [1.165, 1.54) is 213 Å². The number of fused-ring (bicyclic) bond motifs is 25. The summed E-state index contributed by atoms with van der Waals surface area (Å²) in [5.41, 5.74) is 24.7. The lowest BCUT2D eigenvalue weighted by Gasteiger charge is -2.13. The number of benzene rings is 21. The van der Waals surface area contributed by atoms with Crippen molar-refractivity contribution in [1.82, 2.24) is 34.9 Å². The van der Waals surface area contributed by atoms with E-state index < -0.39 is 0 Å². The monoisotopic (exact) mass is 1760 g/mol. The molecule has 0 aliphatic heterocycles. The topological polar surface area (TPSA) is 90.2 Å². The fraction of sp³-hybridized carbons (Fsp3) is 0. The van der Waals surface area contributed by atoms with Crippen molar-refractivity contribution in [3.63, 3.8) is 0 Å². The second-order valence-electron chi connectivity index (χ2n) is 34.8. The highest BCUT2D eigenvalue weighted by molar-refractivity contribution is 6.26. The largest absolute Gasteiger partial charge is 0.264 e. The average molecular weight is 1760 g/mol. The Hall–Kier alpha value is -18.4. The van der Waals surface area contributed by atoms with E-state index in [9.17, 15) is 0 Å². The molecule has 28 aromatic rings. The van der Waals surface area contributed by atoms with Gasteiger partial charge >= 0.3 is 0 Å². The first-order valence-electron chi connectivity index (χ1n) is 46.7. The Morgan fingerprint density at radius 2 is 0.304 bits per heavy atom. The number of aromatic nitrogens is 7. The van der Waals surface area contributed by atoms with Gasteiger partial charge in [0.1, 0.15) is 0 Å². The lowest BCUT2D eigenvalue weighted by Crippen LogP contribution is -1.87. The van der Waals surface area contributed by atoms with Crippen LogP contribution in [0.2, 0.25) is 0 Å². The third kappa shape index (κ3) is 15.7. The maximum Gasteiger partial charge on any atom is 0.0708 e. The minimum Gasteiger partial charge on any atom is -0.264 e. The van der Waals surface area contributed by atoms with Gasteiger partial charge in [0.15, 0.2) is 0 Å². The van der Waals surface area contributed by atoms with Crippen LogP contribution in [0.1, 0.15) is 0 Å². The SMILES string of the molecule is c1ccc(-c2cc3c4cccnc4ccc3c3ccccc23)cc1.c1ccc(-c2ccc(-c3cc4c5cccnc5ccc4c4ccccc34)cc2)cc1.c1ccc(-c2cccc(-c3cc4c5cccnc5ccc4c4ccccc34)c2)cc1.c1cncc(-c2cc3c4cccnc4ccc3c3ccccc23)c1.c1cncc(-c2ccc(-c3cc4c5cccnc5ccc4c4ccccc34)cc2)c1. The van der Waals surface area contributed by atoms with Crippen LogP contribution in [0, 0.1) is 0 Å². The van der Waals surface area contributed by atoms with E-state index >= 15 is 0 Å². The lowest BCUT2D eigenvalue weighted by molar-refractivity contribution is 1.33. The van der Waals surface area contributed by atoms with Gasteiger partial charge in [-0.05, 0) is 300 Å². The van der Waals surface area contributed by atoms with Crippen LogP contribution in [0.4, 0.5) is 0 Å². The Morgan fingerprint density at radius 1 is 0.101 bits per heavy atom. The summed E-state index contributed by atoms with van der Waals surface area (Å²) in [6.45, 7) is 0. The third-order valence-corrected chi connectivity index (χ3v) is 26.9. The summed E-state index contributed by atoms with van der Waals surface area (Å²) in [4.78, 5) is 31.2. The van der Waals surface area contributed by atoms with Crippen molar-refractivity contribution in [2.75, 3.05) is 0 Å². The molecule has 0 spiro atoms. The summed E-state index contributed by atoms with van der Waals surface area (Å²) in [5.74, 6) is 0. The molecular weight excluding hydrogens is 1670 g/mol. The summed E-state index contributed by atoms with van der Waals surface area (Å²) in [7, 11) is 0. The molecule has 0 aliphatic rings. The van der Waals surface area contributed by atoms with Crippen molar-refractivity contribution in [3.05, 3.63) is 517 Å². The minimum absolute atomic E-state index is 1.03. The quantitative estimate of drug-likeness (QED) is 0.140. The van der Waals surface area contributed by atoms with Crippen molar-refractivity contribution in [1.29, 1.82) is 0 Å². The van der Waals surface area contributed by atoms with Gasteiger partial charge in [-0.15, -0.1) is 0 Å². The van der Waals surface area contributed by atoms with Gasteiger partial charge in [0.2, 0.25) is 0 Å². The maximum absolute atomic E-state index is 4.57. The summed E-state index contributed by atoms with van der Waals surface area (Å²) in [6, 6.07) is 164. The average Bonchev–Trinajstić information content (AvgIpc) is 0.754. The van der Waals surface area contributed by atoms with Crippen LogP contribution in [-0.4, -0.2) is 34.9 Å². The second kappa shape index (κ2) is 36.6. The Kier molecular flexibility index (Phi) is 21.9. The minimum atomic E-state index is 1.03. The molecule has 7 nitrogen and oxygen atoms in total. The molecule has 28 rings (SSSR count). The molecule has 644 valence electrons. The Balaban J connectivity index is 0.0000000942. The molecule has 21 aromatic carbocycles. The van der Waals surface area contributed by atoms with Gasteiger partial charge in [0.05, 0.1) is 27.6 Å². The van der Waals surface area contributed by atoms with Crippen LogP contribution < -0.4 is 0 Å². The molecule has 0 unspecified atom stereocenters. The first kappa shape index (κ1) is 82.7. The molecule has 0 radical (unpaired) electrons. The predicted octanol–water partition coefficient (Wildman–Crippen LogP) is 34.8. The van der Waals surface area contributed by atoms with Gasteiger partial charge in [-0.25, -0.2) is 0 Å². The number of rotatable bonds is 8. The zero-order valence-corrected chi connectivity index (χ0v) is 75.2. The fourth-order valence-electron chi connectivity index (χ4n) is 20.4. The number of nitrogens with zero attached hydrogens (tertiary/aromatic N) is 7. The van der Waals surface area contributed by atoms with Crippen molar-refractivity contribution >= 4 is 162 Å². The molecule has 0 atom stereocenters. The molecule has 138 heavy (non-hydrogen) atoms. The van der Waals surface area contributed by atoms with Gasteiger partial charge in [0, 0.05) is 88.3 Å². The Labute approximate surface area is 797 Å². The molecule has 0 saturated carbocycles. The predicted molar refractivity (Wildman–Crippen MR) is 583 cm³/mol. The Bertz CT molecular complexity index is 9070. The number of pyridine rings is 7. The molecule has 7 heteroatoms. The van der Waals surface area contributed by atoms with E-state index in [0.29, 0.717) is 0 Å². The Morgan fingerprint density at radius 3 is 0.616 bits per heavy atom. The molecular formula is C131H85N7. The van der Waals surface area contributed by atoms with Crippen LogP contribution in [0.5, 0.6) is 0 Å². The van der Waals surface area contributed by atoms with Crippen LogP contribution in [-0.2, 0) is 0 Å². The van der Waals surface area contributed by atoms with Crippen molar-refractivity contribution in [2.45, 2.75) is 0 Å². The molecule has 0 bridgehead atoms. The van der Waals surface area contributed by atoms with Crippen LogP contribution >= 0.6 is 0 Å². The zero-order valence-electron chi connectivity index (χ0n) is 75.2. The standard InChI is InChI=1S/2C29H19N.C28H18N2.C23H15N.C22H14N2/c1-2-8-20(9-3-1)21-10-6-11-22(18-21)27-19-28-25(23-12-4-5-13-24(23)27)15-16-29-26(28)14-7-17-30-29;1-2-7-20(8-3-1)21-12-14-22(15-13-21)27-19-28-25(23-9-4-5-10-24(23)27)16-17-29-26(28)11-6-18-30-29;1-2-7-23-22(6-1)24-13-14-28-25(8-4-16-30-28)27(24)17-26(23)20-11-9-19(10-12-20)21-5-3-15-29-18-21;1-2-7-16(8-3-1)21-15-22-19(17-9-4-5-10-18(17)21)12-13-23-20(22)11-6-14-24-23;1-2-7-17-16(6-1)18-9-10-22-19(8-4-12-24-22)21(18)13-20(17)15-5-3-11-23-14-15/h2*1-19H;1-18H;1-15H;1-14H. The van der Waals surface area contributed by atoms with Gasteiger partial charge in [-0.2, -0.15) is 0 Å². The van der Waals surface area contributed by atoms with E-state index in [1.807, 2.05) is 92.0 Å². The van der Waals surface area contributed by atoms with Gasteiger partial charge in [0.25, 0.3) is 0 Å². The van der Waals surface area contributed by atoms with Gasteiger partial charge in [-0.1, -0.05) is 352 Å². The third-order valence-electron chi connectivity index (χ3n) is 26.9. The van der Waals surface area contributed by atoms with Crippen molar-refractivity contribution < 1.29 is 0 Å². The van der Waals surface area contributed by atoms with Crippen LogP contribution in [0.25, 0.3) is 251 Å². The molecule has 7 heterocycles. The molecule has 0 aliphatic carbocycles. The molecule has 7 aromatic heterocycles. The van der Waals surface area contributed by atoms with E-state index in [0.717, 1.165) is 38.7 Å². The molecule has 0 amide bonds. The highest BCUT2D eigenvalue weighted by Gasteiger charge is 2.19. The fourth-order valence-corrected chi connectivity index (χ4v) is 20.4. The highest BCUT2D eigenvalue weighted by atomic mass is 14.7. The van der Waals surface area contributed by atoms with Crippen molar-refractivity contribution in [2.24, 2.45) is 0 Å². The summed E-state index contributed by atoms with van der Waals surface area (Å²) < 4.78 is 0. The number of hydrogen-bond acceptors (Lipinski definition) is 7. The second-order valence-corrected chi connectivity index (χ2v) is 34.8. The highest BCUT2D eigenvalue weighted by Crippen LogP contribution is 2.46. The van der Waals surface area contributed by atoms with Gasteiger partial charge < -0.3 is 0 Å². The van der Waals surface area contributed by atoms with Crippen LogP contribution in [0.3, 0.4) is 0 Å². The van der Waals surface area contributed by atoms with Gasteiger partial charge in [-0.3, -0.25) is 34.9 Å². The first-order chi connectivity index (χ1) is 68.5. The van der Waals surface area contributed by atoms with Crippen LogP contribution in [0.15, 0.2) is 517 Å². The first-order valence-corrected chi connectivity index (χ1v) is 46.7. The normalized spacial score (nSPS) is 11.3. The summed E-state index contributed by atoms with van der Waals surface area (Å²) >= 11 is 0. The van der Waals surface area contributed by atoms with E-state index in [1.54, 1.807) is 6.20 Å². The molecule has 0 N–H and O–H groups in total. The van der Waals surface area contributed by atoms with E-state index in [2.05, 4.69) is 453 Å². The van der Waals surface area contributed by atoms with Crippen molar-refractivity contribution in [3.8, 4) is 89.0 Å². The van der Waals surface area contributed by atoms with E-state index in [-0.39, 0.29) is 0 Å². The molecule has 0 saturated heterocycles. The maximum atomic E-state index is 4.57. The lowest BCUT2D eigenvalue weighted by atomic mass is 9.90. The summed E-state index contributed by atoms with van der Waals surface area (Å²) in [6.07, 6.45) is 16.7.